The molecule has 0 aliphatic heterocycles. The number of aryl methyl sites for hydroxylation is 1. The van der Waals surface area contributed by atoms with Gasteiger partial charge in [0.1, 0.15) is 5.82 Å². The van der Waals surface area contributed by atoms with Crippen molar-refractivity contribution >= 4 is 27.8 Å². The van der Waals surface area contributed by atoms with Gasteiger partial charge in [-0.05, 0) is 25.1 Å². The highest BCUT2D eigenvalue weighted by Crippen LogP contribution is 2.20. The number of carbonyl (C=O) groups is 1. The van der Waals surface area contributed by atoms with E-state index in [1.54, 1.807) is 24.5 Å². The van der Waals surface area contributed by atoms with Crippen LogP contribution in [0.1, 0.15) is 30.0 Å². The highest BCUT2D eigenvalue weighted by molar-refractivity contribution is 7.84. The fraction of sp³-hybridized carbons (Fsp3) is 0.429. The Bertz CT molecular complexity index is 678. The van der Waals surface area contributed by atoms with E-state index < -0.39 is 16.8 Å². The zero-order chi connectivity index (χ0) is 14.9. The van der Waals surface area contributed by atoms with Gasteiger partial charge in [-0.2, -0.15) is 0 Å². The summed E-state index contributed by atoms with van der Waals surface area (Å²) >= 11 is 0. The minimum atomic E-state index is -0.954. The zero-order valence-corrected chi connectivity index (χ0v) is 12.6. The van der Waals surface area contributed by atoms with Crippen molar-refractivity contribution in [3.63, 3.8) is 0 Å². The van der Waals surface area contributed by atoms with E-state index in [4.69, 9.17) is 5.11 Å². The Kier molecular flexibility index (Phi) is 4.23. The number of nitrogens with zero attached hydrogens (tertiary/aromatic N) is 2. The third-order valence-electron chi connectivity index (χ3n) is 3.40. The van der Waals surface area contributed by atoms with Gasteiger partial charge in [0.2, 0.25) is 0 Å². The number of aromatic carboxylic acids is 1. The number of imidazole rings is 1. The van der Waals surface area contributed by atoms with Crippen molar-refractivity contribution in [1.82, 2.24) is 9.55 Å². The van der Waals surface area contributed by atoms with Crippen LogP contribution < -0.4 is 0 Å². The number of carboxylic acid groups (broad SMARTS) is 1. The standard InChI is InChI=1S/C14H18N2O3S/c1-4-13-15-11-6-5-10(14(17)18)7-12(11)16(13)8-9(2)20(3)19/h5-7,9H,4,8H2,1-3H3,(H,17,18). The van der Waals surface area contributed by atoms with Crippen molar-refractivity contribution in [2.75, 3.05) is 6.26 Å². The van der Waals surface area contributed by atoms with Gasteiger partial charge in [-0.25, -0.2) is 9.78 Å². The molecule has 0 saturated carbocycles. The molecule has 0 fully saturated rings. The second kappa shape index (κ2) is 5.75. The normalized spacial score (nSPS) is 14.3. The largest absolute Gasteiger partial charge is 0.478 e. The van der Waals surface area contributed by atoms with Crippen molar-refractivity contribution in [3.8, 4) is 0 Å². The predicted octanol–water partition coefficient (Wildman–Crippen LogP) is 2.06. The third kappa shape index (κ3) is 2.75. The molecule has 0 aliphatic rings. The van der Waals surface area contributed by atoms with Crippen LogP contribution in [0.15, 0.2) is 18.2 Å². The molecule has 1 aromatic heterocycles. The maximum Gasteiger partial charge on any atom is 0.335 e. The second-order valence-corrected chi connectivity index (χ2v) is 6.61. The lowest BCUT2D eigenvalue weighted by atomic mass is 10.2. The third-order valence-corrected chi connectivity index (χ3v) is 4.68. The first-order chi connectivity index (χ1) is 9.43. The molecule has 5 nitrogen and oxygen atoms in total. The Balaban J connectivity index is 2.56. The number of aromatic nitrogens is 2. The molecule has 20 heavy (non-hydrogen) atoms. The van der Waals surface area contributed by atoms with Gasteiger partial charge >= 0.3 is 5.97 Å². The Morgan fingerprint density at radius 2 is 2.20 bits per heavy atom. The summed E-state index contributed by atoms with van der Waals surface area (Å²) in [5, 5.41) is 9.08. The first-order valence-corrected chi connectivity index (χ1v) is 8.10. The average Bonchev–Trinajstić information content (AvgIpc) is 2.75. The first-order valence-electron chi connectivity index (χ1n) is 6.48. The lowest BCUT2D eigenvalue weighted by Gasteiger charge is -2.13. The van der Waals surface area contributed by atoms with Gasteiger partial charge in [0.25, 0.3) is 0 Å². The van der Waals surface area contributed by atoms with Crippen LogP contribution in [0.4, 0.5) is 0 Å². The van der Waals surface area contributed by atoms with Crippen LogP contribution in [-0.2, 0) is 23.8 Å². The van der Waals surface area contributed by atoms with E-state index in [0.29, 0.717) is 6.54 Å². The minimum absolute atomic E-state index is 0.00816. The van der Waals surface area contributed by atoms with Crippen LogP contribution in [0.25, 0.3) is 11.0 Å². The van der Waals surface area contributed by atoms with Gasteiger partial charge in [0.05, 0.1) is 16.6 Å². The lowest BCUT2D eigenvalue weighted by molar-refractivity contribution is 0.0697. The van der Waals surface area contributed by atoms with Crippen LogP contribution in [0.5, 0.6) is 0 Å². The Morgan fingerprint density at radius 1 is 1.50 bits per heavy atom. The van der Waals surface area contributed by atoms with Crippen LogP contribution in [0.3, 0.4) is 0 Å². The van der Waals surface area contributed by atoms with E-state index in [1.165, 1.54) is 0 Å². The minimum Gasteiger partial charge on any atom is -0.478 e. The molecule has 2 atom stereocenters. The van der Waals surface area contributed by atoms with Crippen molar-refractivity contribution in [3.05, 3.63) is 29.6 Å². The van der Waals surface area contributed by atoms with Gasteiger partial charge in [-0.3, -0.25) is 4.21 Å². The molecule has 0 radical (unpaired) electrons. The monoisotopic (exact) mass is 294 g/mol. The number of hydrogen-bond donors (Lipinski definition) is 1. The van der Waals surface area contributed by atoms with E-state index >= 15 is 0 Å². The molecule has 0 bridgehead atoms. The summed E-state index contributed by atoms with van der Waals surface area (Å²) in [6, 6.07) is 4.92. The van der Waals surface area contributed by atoms with Gasteiger partial charge in [0, 0.05) is 35.3 Å². The molecular weight excluding hydrogens is 276 g/mol. The molecule has 0 spiro atoms. The molecule has 0 aliphatic carbocycles. The van der Waals surface area contributed by atoms with Crippen molar-refractivity contribution in [2.24, 2.45) is 0 Å². The van der Waals surface area contributed by atoms with Crippen LogP contribution in [0.2, 0.25) is 0 Å². The molecule has 1 aromatic carbocycles. The van der Waals surface area contributed by atoms with Gasteiger partial charge < -0.3 is 9.67 Å². The molecular formula is C14H18N2O3S. The molecule has 6 heteroatoms. The topological polar surface area (TPSA) is 72.2 Å². The fourth-order valence-electron chi connectivity index (χ4n) is 2.14. The SMILES string of the molecule is CCc1nc2ccc(C(=O)O)cc2n1CC(C)S(C)=O. The summed E-state index contributed by atoms with van der Waals surface area (Å²) in [7, 11) is -0.927. The Labute approximate surface area is 120 Å². The molecule has 0 amide bonds. The van der Waals surface area contributed by atoms with Crippen molar-refractivity contribution in [1.29, 1.82) is 0 Å². The van der Waals surface area contributed by atoms with Crippen molar-refractivity contribution in [2.45, 2.75) is 32.1 Å². The van der Waals surface area contributed by atoms with Crippen LogP contribution in [-0.4, -0.2) is 36.3 Å². The summed E-state index contributed by atoms with van der Waals surface area (Å²) in [6.07, 6.45) is 2.43. The molecule has 1 heterocycles. The predicted molar refractivity (Wildman–Crippen MR) is 79.6 cm³/mol. The van der Waals surface area contributed by atoms with E-state index in [-0.39, 0.29) is 10.8 Å². The number of carboxylic acids is 1. The summed E-state index contributed by atoms with van der Waals surface area (Å²) in [5.74, 6) is -0.0651. The van der Waals surface area contributed by atoms with E-state index in [1.807, 2.05) is 18.4 Å². The van der Waals surface area contributed by atoms with E-state index in [2.05, 4.69) is 4.98 Å². The number of rotatable bonds is 5. The Hall–Kier alpha value is -1.69. The summed E-state index contributed by atoms with van der Waals surface area (Å²) < 4.78 is 13.5. The van der Waals surface area contributed by atoms with Crippen molar-refractivity contribution < 1.29 is 14.1 Å². The summed E-state index contributed by atoms with van der Waals surface area (Å²) in [5.41, 5.74) is 1.81. The number of fused-ring (bicyclic) bond motifs is 1. The van der Waals surface area contributed by atoms with E-state index in [0.717, 1.165) is 23.3 Å². The maximum absolute atomic E-state index is 11.6. The second-order valence-electron chi connectivity index (χ2n) is 4.81. The highest BCUT2D eigenvalue weighted by Gasteiger charge is 2.15. The molecule has 2 unspecified atom stereocenters. The Morgan fingerprint density at radius 3 is 2.75 bits per heavy atom. The summed E-state index contributed by atoms with van der Waals surface area (Å²) in [6.45, 7) is 4.50. The maximum atomic E-state index is 11.6. The molecule has 1 N–H and O–H groups in total. The average molecular weight is 294 g/mol. The van der Waals surface area contributed by atoms with Crippen LogP contribution in [0, 0.1) is 0 Å². The molecule has 108 valence electrons. The lowest BCUT2D eigenvalue weighted by Crippen LogP contribution is -2.19. The fourth-order valence-corrected chi connectivity index (χ4v) is 2.50. The summed E-state index contributed by atoms with van der Waals surface area (Å²) in [4.78, 5) is 15.6. The first kappa shape index (κ1) is 14.7. The zero-order valence-electron chi connectivity index (χ0n) is 11.8. The molecule has 2 aromatic rings. The smallest absolute Gasteiger partial charge is 0.335 e. The van der Waals surface area contributed by atoms with Crippen LogP contribution >= 0.6 is 0 Å². The van der Waals surface area contributed by atoms with Gasteiger partial charge in [-0.15, -0.1) is 0 Å². The molecule has 0 saturated heterocycles. The molecule has 2 rings (SSSR count). The number of hydrogen-bond acceptors (Lipinski definition) is 3. The van der Waals surface area contributed by atoms with Gasteiger partial charge in [0.15, 0.2) is 0 Å². The van der Waals surface area contributed by atoms with E-state index in [9.17, 15) is 9.00 Å². The number of benzene rings is 1. The highest BCUT2D eigenvalue weighted by atomic mass is 32.2. The quantitative estimate of drug-likeness (QED) is 0.916. The van der Waals surface area contributed by atoms with Gasteiger partial charge in [-0.1, -0.05) is 6.92 Å².